The summed E-state index contributed by atoms with van der Waals surface area (Å²) in [5.74, 6) is 0.667. The van der Waals surface area contributed by atoms with Crippen molar-refractivity contribution in [3.05, 3.63) is 35.4 Å². The van der Waals surface area contributed by atoms with Gasteiger partial charge >= 0.3 is 0 Å². The van der Waals surface area contributed by atoms with Crippen LogP contribution >= 0.6 is 0 Å². The van der Waals surface area contributed by atoms with Gasteiger partial charge in [-0.15, -0.1) is 0 Å². The van der Waals surface area contributed by atoms with Crippen molar-refractivity contribution < 1.29 is 4.74 Å². The average Bonchev–Trinajstić information content (AvgIpc) is 3.02. The van der Waals surface area contributed by atoms with Crippen LogP contribution in [0.4, 0.5) is 0 Å². The van der Waals surface area contributed by atoms with E-state index in [1.165, 1.54) is 24.0 Å². The van der Waals surface area contributed by atoms with E-state index in [0.29, 0.717) is 18.1 Å². The Morgan fingerprint density at radius 2 is 1.81 bits per heavy atom. The van der Waals surface area contributed by atoms with Gasteiger partial charge in [-0.3, -0.25) is 0 Å². The molecule has 1 aliphatic heterocycles. The fourth-order valence-electron chi connectivity index (χ4n) is 2.32. The highest BCUT2D eigenvalue weighted by molar-refractivity contribution is 5.25. The molecular formula is C15H22O. The molecule has 0 spiro atoms. The summed E-state index contributed by atoms with van der Waals surface area (Å²) in [5, 5.41) is 0. The van der Waals surface area contributed by atoms with E-state index < -0.39 is 0 Å². The average molecular weight is 218 g/mol. The first kappa shape index (κ1) is 11.7. The maximum atomic E-state index is 5.52. The molecule has 3 atom stereocenters. The third kappa shape index (κ3) is 2.65. The molecule has 16 heavy (non-hydrogen) atoms. The summed E-state index contributed by atoms with van der Waals surface area (Å²) in [5.41, 5.74) is 2.90. The standard InChI is InChI=1S/C15H22O/c1-4-12-6-8-14(9-7-12)13(5-2)10-15-11(3)16-15/h6-9,11,13,15H,4-5,10H2,1-3H3. The molecule has 0 radical (unpaired) electrons. The van der Waals surface area contributed by atoms with Crippen LogP contribution in [0.3, 0.4) is 0 Å². The van der Waals surface area contributed by atoms with Crippen LogP contribution < -0.4 is 0 Å². The normalized spacial score (nSPS) is 25.4. The van der Waals surface area contributed by atoms with E-state index in [1.54, 1.807) is 0 Å². The summed E-state index contributed by atoms with van der Waals surface area (Å²) >= 11 is 0. The zero-order valence-corrected chi connectivity index (χ0v) is 10.6. The van der Waals surface area contributed by atoms with E-state index in [-0.39, 0.29) is 0 Å². The third-order valence-corrected chi connectivity index (χ3v) is 3.71. The first-order valence-corrected chi connectivity index (χ1v) is 6.48. The molecule has 0 bridgehead atoms. The van der Waals surface area contributed by atoms with Gasteiger partial charge in [0.2, 0.25) is 0 Å². The first-order valence-electron chi connectivity index (χ1n) is 6.48. The number of rotatable bonds is 5. The van der Waals surface area contributed by atoms with E-state index in [4.69, 9.17) is 4.74 Å². The molecule has 1 aromatic carbocycles. The van der Waals surface area contributed by atoms with E-state index in [9.17, 15) is 0 Å². The summed E-state index contributed by atoms with van der Waals surface area (Å²) in [6, 6.07) is 9.10. The second kappa shape index (κ2) is 5.01. The highest BCUT2D eigenvalue weighted by atomic mass is 16.6. The molecule has 1 aromatic rings. The summed E-state index contributed by atoms with van der Waals surface area (Å²) in [6.45, 7) is 6.63. The van der Waals surface area contributed by atoms with Crippen LogP contribution in [0, 0.1) is 0 Å². The van der Waals surface area contributed by atoms with Gasteiger partial charge in [0.25, 0.3) is 0 Å². The fourth-order valence-corrected chi connectivity index (χ4v) is 2.32. The second-order valence-corrected chi connectivity index (χ2v) is 4.82. The predicted octanol–water partition coefficient (Wildman–Crippen LogP) is 3.92. The molecule has 1 heterocycles. The Kier molecular flexibility index (Phi) is 3.65. The molecule has 1 heteroatoms. The van der Waals surface area contributed by atoms with Gasteiger partial charge in [0.15, 0.2) is 0 Å². The molecule has 0 aromatic heterocycles. The van der Waals surface area contributed by atoms with Crippen molar-refractivity contribution >= 4 is 0 Å². The second-order valence-electron chi connectivity index (χ2n) is 4.82. The zero-order valence-electron chi connectivity index (χ0n) is 10.6. The van der Waals surface area contributed by atoms with Gasteiger partial charge in [-0.25, -0.2) is 0 Å². The lowest BCUT2D eigenvalue weighted by Gasteiger charge is -2.14. The quantitative estimate of drug-likeness (QED) is 0.682. The molecule has 1 fully saturated rings. The van der Waals surface area contributed by atoms with Crippen LogP contribution in [-0.4, -0.2) is 12.2 Å². The predicted molar refractivity (Wildman–Crippen MR) is 67.8 cm³/mol. The maximum absolute atomic E-state index is 5.52. The maximum Gasteiger partial charge on any atom is 0.0844 e. The number of benzene rings is 1. The van der Waals surface area contributed by atoms with Crippen LogP contribution in [0.25, 0.3) is 0 Å². The van der Waals surface area contributed by atoms with Gasteiger partial charge < -0.3 is 4.74 Å². The summed E-state index contributed by atoms with van der Waals surface area (Å²) in [7, 11) is 0. The van der Waals surface area contributed by atoms with Crippen LogP contribution in [0.1, 0.15) is 50.7 Å². The minimum Gasteiger partial charge on any atom is -0.370 e. The molecule has 1 saturated heterocycles. The summed E-state index contributed by atoms with van der Waals surface area (Å²) in [4.78, 5) is 0. The van der Waals surface area contributed by atoms with Crippen molar-refractivity contribution in [1.82, 2.24) is 0 Å². The van der Waals surface area contributed by atoms with Crippen LogP contribution in [0.5, 0.6) is 0 Å². The zero-order chi connectivity index (χ0) is 11.5. The van der Waals surface area contributed by atoms with Gasteiger partial charge in [-0.1, -0.05) is 38.1 Å². The van der Waals surface area contributed by atoms with Crippen molar-refractivity contribution in [2.75, 3.05) is 0 Å². The highest BCUT2D eigenvalue weighted by Crippen LogP contribution is 2.34. The Hall–Kier alpha value is -0.820. The lowest BCUT2D eigenvalue weighted by atomic mass is 9.90. The van der Waals surface area contributed by atoms with Gasteiger partial charge in [0.05, 0.1) is 12.2 Å². The number of ether oxygens (including phenoxy) is 1. The van der Waals surface area contributed by atoms with Crippen molar-refractivity contribution in [1.29, 1.82) is 0 Å². The summed E-state index contributed by atoms with van der Waals surface area (Å²) in [6.07, 6.45) is 4.51. The number of aryl methyl sites for hydroxylation is 1. The molecular weight excluding hydrogens is 196 g/mol. The summed E-state index contributed by atoms with van der Waals surface area (Å²) < 4.78 is 5.52. The lowest BCUT2D eigenvalue weighted by Crippen LogP contribution is -2.03. The monoisotopic (exact) mass is 218 g/mol. The molecule has 0 saturated carbocycles. The van der Waals surface area contributed by atoms with Gasteiger partial charge in [-0.05, 0) is 43.2 Å². The Bertz CT molecular complexity index is 328. The Morgan fingerprint density at radius 3 is 2.25 bits per heavy atom. The van der Waals surface area contributed by atoms with E-state index >= 15 is 0 Å². The van der Waals surface area contributed by atoms with Gasteiger partial charge in [-0.2, -0.15) is 0 Å². The molecule has 3 unspecified atom stereocenters. The number of hydrogen-bond donors (Lipinski definition) is 0. The molecule has 88 valence electrons. The molecule has 1 aliphatic rings. The number of epoxide rings is 1. The van der Waals surface area contributed by atoms with Crippen molar-refractivity contribution in [3.8, 4) is 0 Å². The molecule has 2 rings (SSSR count). The first-order chi connectivity index (χ1) is 7.74. The van der Waals surface area contributed by atoms with E-state index in [1.807, 2.05) is 0 Å². The molecule has 0 aliphatic carbocycles. The molecule has 0 amide bonds. The largest absolute Gasteiger partial charge is 0.370 e. The Labute approximate surface area is 98.8 Å². The fraction of sp³-hybridized carbons (Fsp3) is 0.600. The van der Waals surface area contributed by atoms with Crippen molar-refractivity contribution in [3.63, 3.8) is 0 Å². The van der Waals surface area contributed by atoms with E-state index in [0.717, 1.165) is 6.42 Å². The smallest absolute Gasteiger partial charge is 0.0844 e. The minimum atomic E-state index is 0.490. The van der Waals surface area contributed by atoms with Gasteiger partial charge in [0, 0.05) is 0 Å². The van der Waals surface area contributed by atoms with Crippen molar-refractivity contribution in [2.45, 2.75) is 58.2 Å². The van der Waals surface area contributed by atoms with E-state index in [2.05, 4.69) is 45.0 Å². The Morgan fingerprint density at radius 1 is 1.19 bits per heavy atom. The highest BCUT2D eigenvalue weighted by Gasteiger charge is 2.35. The lowest BCUT2D eigenvalue weighted by molar-refractivity contribution is 0.357. The SMILES string of the molecule is CCc1ccc(C(CC)CC2OC2C)cc1. The van der Waals surface area contributed by atoms with Gasteiger partial charge in [0.1, 0.15) is 0 Å². The topological polar surface area (TPSA) is 12.5 Å². The molecule has 1 nitrogen and oxygen atoms in total. The molecule has 0 N–H and O–H groups in total. The van der Waals surface area contributed by atoms with Crippen LogP contribution in [0.2, 0.25) is 0 Å². The van der Waals surface area contributed by atoms with Crippen LogP contribution in [-0.2, 0) is 11.2 Å². The Balaban J connectivity index is 2.01. The third-order valence-electron chi connectivity index (χ3n) is 3.71. The van der Waals surface area contributed by atoms with Crippen molar-refractivity contribution in [2.24, 2.45) is 0 Å². The van der Waals surface area contributed by atoms with Crippen LogP contribution in [0.15, 0.2) is 24.3 Å². The number of hydrogen-bond acceptors (Lipinski definition) is 1. The minimum absolute atomic E-state index is 0.490.